The van der Waals surface area contributed by atoms with Crippen LogP contribution in [-0.2, 0) is 25.7 Å². The third-order valence-corrected chi connectivity index (χ3v) is 7.64. The van der Waals surface area contributed by atoms with Crippen molar-refractivity contribution in [1.82, 2.24) is 0 Å². The fourth-order valence-electron chi connectivity index (χ4n) is 6.44. The zero-order chi connectivity index (χ0) is 25.1. The first-order chi connectivity index (χ1) is 17.4. The van der Waals surface area contributed by atoms with Gasteiger partial charge in [0.2, 0.25) is 11.5 Å². The van der Waals surface area contributed by atoms with Gasteiger partial charge in [0.05, 0.1) is 11.2 Å². The van der Waals surface area contributed by atoms with E-state index in [1.807, 2.05) is 30.3 Å². The average molecular weight is 491 g/mol. The Morgan fingerprint density at radius 1 is 0.944 bits per heavy atom. The Hall–Kier alpha value is -3.52. The largest absolute Gasteiger partial charge is 0.457 e. The van der Waals surface area contributed by atoms with E-state index in [0.29, 0.717) is 17.8 Å². The Labute approximate surface area is 209 Å². The number of carbonyl (C=O) groups is 3. The molecule has 0 saturated heterocycles. The highest BCUT2D eigenvalue weighted by Crippen LogP contribution is 2.57. The molecule has 8 nitrogen and oxygen atoms in total. The molecule has 0 aliphatic heterocycles. The van der Waals surface area contributed by atoms with Crippen molar-refractivity contribution in [2.75, 3.05) is 11.9 Å². The third-order valence-electron chi connectivity index (χ3n) is 7.64. The Bertz CT molecular complexity index is 1140. The molecule has 2 aromatic carbocycles. The molecule has 188 valence electrons. The minimum absolute atomic E-state index is 0.121. The number of esters is 1. The molecule has 4 aliphatic carbocycles. The zero-order valence-corrected chi connectivity index (χ0v) is 20.0. The van der Waals surface area contributed by atoms with E-state index in [2.05, 4.69) is 10.5 Å². The van der Waals surface area contributed by atoms with Crippen LogP contribution in [0.1, 0.15) is 54.4 Å². The number of carbonyl (C=O) groups excluding carboxylic acids is 3. The number of ketones is 1. The van der Waals surface area contributed by atoms with Crippen molar-refractivity contribution in [3.05, 3.63) is 65.7 Å². The summed E-state index contributed by atoms with van der Waals surface area (Å²) in [7, 11) is 0. The van der Waals surface area contributed by atoms with Gasteiger partial charge in [-0.25, -0.2) is 4.79 Å². The molecule has 0 aromatic heterocycles. The van der Waals surface area contributed by atoms with Gasteiger partial charge in [0.1, 0.15) is 13.2 Å². The smallest absolute Gasteiger partial charge is 0.338 e. The molecule has 8 heteroatoms. The molecular formula is C28H30N2O6. The SMILES string of the molecule is O=C(COC12CC3CC(CC(C3)C1)C2)C(=NO)C(=O)Nc1cccc(C(=O)OCc2ccccc2)c1. The molecule has 2 N–H and O–H groups in total. The van der Waals surface area contributed by atoms with Crippen molar-refractivity contribution in [3.63, 3.8) is 0 Å². The van der Waals surface area contributed by atoms with Crippen LogP contribution in [0.5, 0.6) is 0 Å². The van der Waals surface area contributed by atoms with Crippen molar-refractivity contribution in [3.8, 4) is 0 Å². The number of Topliss-reactive ketones (excluding diaryl/α,β-unsaturated/α-hetero) is 1. The monoisotopic (exact) mass is 490 g/mol. The molecule has 0 heterocycles. The minimum atomic E-state index is -0.869. The number of anilines is 1. The molecule has 4 aliphatic rings. The Morgan fingerprint density at radius 3 is 2.25 bits per heavy atom. The molecule has 36 heavy (non-hydrogen) atoms. The third kappa shape index (κ3) is 5.33. The molecule has 4 fully saturated rings. The number of nitrogens with zero attached hydrogens (tertiary/aromatic N) is 1. The van der Waals surface area contributed by atoms with Crippen LogP contribution in [0.25, 0.3) is 0 Å². The maximum atomic E-state index is 12.7. The van der Waals surface area contributed by atoms with Crippen molar-refractivity contribution in [2.24, 2.45) is 22.9 Å². The molecule has 2 aromatic rings. The normalized spacial score (nSPS) is 26.4. The predicted molar refractivity (Wildman–Crippen MR) is 132 cm³/mol. The molecule has 0 spiro atoms. The fraction of sp³-hybridized carbons (Fsp3) is 0.429. The van der Waals surface area contributed by atoms with Gasteiger partial charge >= 0.3 is 5.97 Å². The summed E-state index contributed by atoms with van der Waals surface area (Å²) >= 11 is 0. The second-order valence-corrected chi connectivity index (χ2v) is 10.4. The van der Waals surface area contributed by atoms with Crippen LogP contribution in [0.2, 0.25) is 0 Å². The number of hydrogen-bond donors (Lipinski definition) is 2. The van der Waals surface area contributed by atoms with Crippen LogP contribution in [0.4, 0.5) is 5.69 Å². The maximum Gasteiger partial charge on any atom is 0.338 e. The lowest BCUT2D eigenvalue weighted by molar-refractivity contribution is -0.166. The van der Waals surface area contributed by atoms with E-state index in [-0.39, 0.29) is 30.1 Å². The number of rotatable bonds is 9. The number of hydrogen-bond acceptors (Lipinski definition) is 7. The summed E-state index contributed by atoms with van der Waals surface area (Å²) in [5.74, 6) is -0.117. The quantitative estimate of drug-likeness (QED) is 0.177. The van der Waals surface area contributed by atoms with Crippen molar-refractivity contribution < 1.29 is 29.1 Å². The Kier molecular flexibility index (Phi) is 6.87. The topological polar surface area (TPSA) is 114 Å². The van der Waals surface area contributed by atoms with E-state index in [0.717, 1.165) is 24.8 Å². The second kappa shape index (κ2) is 10.2. The van der Waals surface area contributed by atoms with E-state index >= 15 is 0 Å². The Morgan fingerprint density at radius 2 is 1.61 bits per heavy atom. The van der Waals surface area contributed by atoms with Gasteiger partial charge in [-0.1, -0.05) is 41.6 Å². The van der Waals surface area contributed by atoms with Crippen molar-refractivity contribution in [1.29, 1.82) is 0 Å². The van der Waals surface area contributed by atoms with E-state index in [4.69, 9.17) is 9.47 Å². The summed E-state index contributed by atoms with van der Waals surface area (Å²) in [5.41, 5.74) is 0.438. The fourth-order valence-corrected chi connectivity index (χ4v) is 6.44. The van der Waals surface area contributed by atoms with Gasteiger partial charge in [0.25, 0.3) is 5.91 Å². The highest BCUT2D eigenvalue weighted by atomic mass is 16.5. The molecule has 6 rings (SSSR count). The molecular weight excluding hydrogens is 460 g/mol. The van der Waals surface area contributed by atoms with Crippen LogP contribution < -0.4 is 5.32 Å². The summed E-state index contributed by atoms with van der Waals surface area (Å²) in [6, 6.07) is 15.4. The number of oxime groups is 1. The summed E-state index contributed by atoms with van der Waals surface area (Å²) in [5, 5.41) is 14.9. The number of nitrogens with one attached hydrogen (secondary N) is 1. The lowest BCUT2D eigenvalue weighted by Crippen LogP contribution is -2.52. The standard InChI is InChI=1S/C28H30N2O6/c31-24(17-36-28-13-19-9-20(14-28)11-21(10-19)15-28)25(30-34)26(32)29-23-8-4-7-22(12-23)27(33)35-16-18-5-2-1-3-6-18/h1-8,12,19-21,34H,9-11,13-17H2,(H,29,32). The van der Waals surface area contributed by atoms with Crippen LogP contribution in [-0.4, -0.2) is 40.8 Å². The molecule has 0 atom stereocenters. The summed E-state index contributed by atoms with van der Waals surface area (Å²) in [6.45, 7) is -0.180. The van der Waals surface area contributed by atoms with Crippen LogP contribution in [0.3, 0.4) is 0 Å². The number of amides is 1. The maximum absolute atomic E-state index is 12.7. The minimum Gasteiger partial charge on any atom is -0.457 e. The van der Waals surface area contributed by atoms with Gasteiger partial charge in [-0.05, 0) is 80.0 Å². The molecule has 4 saturated carbocycles. The summed E-state index contributed by atoms with van der Waals surface area (Å²) < 4.78 is 11.4. The second-order valence-electron chi connectivity index (χ2n) is 10.4. The van der Waals surface area contributed by atoms with E-state index in [1.165, 1.54) is 25.3 Å². The average Bonchev–Trinajstić information content (AvgIpc) is 2.86. The number of benzene rings is 2. The highest BCUT2D eigenvalue weighted by molar-refractivity contribution is 6.67. The molecule has 1 amide bonds. The van der Waals surface area contributed by atoms with Crippen LogP contribution in [0, 0.1) is 17.8 Å². The first-order valence-corrected chi connectivity index (χ1v) is 12.4. The lowest BCUT2D eigenvalue weighted by atomic mass is 9.54. The van der Waals surface area contributed by atoms with Gasteiger partial charge in [-0.15, -0.1) is 0 Å². The molecule has 4 bridgehead atoms. The first kappa shape index (κ1) is 24.2. The van der Waals surface area contributed by atoms with E-state index in [1.54, 1.807) is 18.2 Å². The predicted octanol–water partition coefficient (Wildman–Crippen LogP) is 4.37. The van der Waals surface area contributed by atoms with E-state index in [9.17, 15) is 19.6 Å². The molecule has 0 radical (unpaired) electrons. The Balaban J connectivity index is 1.16. The number of ether oxygens (including phenoxy) is 2. The van der Waals surface area contributed by atoms with Crippen molar-refractivity contribution >= 4 is 29.1 Å². The highest BCUT2D eigenvalue weighted by Gasteiger charge is 2.52. The van der Waals surface area contributed by atoms with Crippen molar-refractivity contribution in [2.45, 2.75) is 50.7 Å². The zero-order valence-electron chi connectivity index (χ0n) is 20.0. The van der Waals surface area contributed by atoms with Crippen LogP contribution in [0.15, 0.2) is 59.8 Å². The first-order valence-electron chi connectivity index (χ1n) is 12.4. The van der Waals surface area contributed by atoms with Gasteiger partial charge in [-0.2, -0.15) is 0 Å². The summed E-state index contributed by atoms with van der Waals surface area (Å²) in [6.07, 6.45) is 6.62. The van der Waals surface area contributed by atoms with Gasteiger partial charge in [-0.3, -0.25) is 9.59 Å². The van der Waals surface area contributed by atoms with Gasteiger partial charge < -0.3 is 20.0 Å². The van der Waals surface area contributed by atoms with Crippen LogP contribution >= 0.6 is 0 Å². The lowest BCUT2D eigenvalue weighted by Gasteiger charge is -2.56. The summed E-state index contributed by atoms with van der Waals surface area (Å²) in [4.78, 5) is 37.9. The molecule has 0 unspecified atom stereocenters. The van der Waals surface area contributed by atoms with Gasteiger partial charge in [0.15, 0.2) is 0 Å². The van der Waals surface area contributed by atoms with Gasteiger partial charge in [0, 0.05) is 5.69 Å². The van der Waals surface area contributed by atoms with E-state index < -0.39 is 23.4 Å².